The van der Waals surface area contributed by atoms with Gasteiger partial charge in [0.25, 0.3) is 0 Å². The third-order valence-electron chi connectivity index (χ3n) is 3.72. The summed E-state index contributed by atoms with van der Waals surface area (Å²) in [6, 6.07) is 3.24. The molecule has 1 aromatic carbocycles. The van der Waals surface area contributed by atoms with Crippen LogP contribution in [0.4, 0.5) is 5.13 Å². The summed E-state index contributed by atoms with van der Waals surface area (Å²) in [5, 5.41) is 10.2. The number of hydrogen-bond donors (Lipinski definition) is 1. The van der Waals surface area contributed by atoms with E-state index < -0.39 is 5.97 Å². The van der Waals surface area contributed by atoms with Gasteiger partial charge in [-0.1, -0.05) is 11.3 Å². The summed E-state index contributed by atoms with van der Waals surface area (Å²) in [4.78, 5) is 20.4. The molecule has 0 radical (unpaired) electrons. The van der Waals surface area contributed by atoms with Crippen LogP contribution in [0.15, 0.2) is 12.1 Å². The molecule has 6 nitrogen and oxygen atoms in total. The van der Waals surface area contributed by atoms with E-state index in [1.54, 1.807) is 19.2 Å². The predicted molar refractivity (Wildman–Crippen MR) is 82.8 cm³/mol. The Labute approximate surface area is 126 Å². The molecule has 1 aliphatic heterocycles. The zero-order valence-corrected chi connectivity index (χ0v) is 12.8. The van der Waals surface area contributed by atoms with Crippen LogP contribution in [0.3, 0.4) is 0 Å². The topological polar surface area (TPSA) is 65.9 Å². The Morgan fingerprint density at radius 1 is 1.33 bits per heavy atom. The van der Waals surface area contributed by atoms with Gasteiger partial charge >= 0.3 is 5.97 Å². The Morgan fingerprint density at radius 3 is 2.67 bits per heavy atom. The van der Waals surface area contributed by atoms with Gasteiger partial charge in [0.1, 0.15) is 11.3 Å². The van der Waals surface area contributed by atoms with E-state index in [4.69, 9.17) is 4.74 Å². The molecule has 2 aromatic rings. The average Bonchev–Trinajstić information content (AvgIpc) is 2.91. The highest BCUT2D eigenvalue weighted by Gasteiger charge is 2.21. The van der Waals surface area contributed by atoms with E-state index in [0.29, 0.717) is 16.0 Å². The first-order chi connectivity index (χ1) is 10.1. The number of methoxy groups -OCH3 is 1. The normalized spacial score (nSPS) is 16.4. The molecule has 0 atom stereocenters. The van der Waals surface area contributed by atoms with Crippen LogP contribution in [-0.2, 0) is 0 Å². The lowest BCUT2D eigenvalue weighted by atomic mass is 10.2. The van der Waals surface area contributed by atoms with Crippen LogP contribution in [-0.4, -0.2) is 61.3 Å². The van der Waals surface area contributed by atoms with Gasteiger partial charge in [-0.2, -0.15) is 0 Å². The second kappa shape index (κ2) is 5.50. The number of piperazine rings is 1. The van der Waals surface area contributed by atoms with Crippen molar-refractivity contribution in [2.75, 3.05) is 45.2 Å². The van der Waals surface area contributed by atoms with Crippen molar-refractivity contribution in [1.82, 2.24) is 9.88 Å². The highest BCUT2D eigenvalue weighted by molar-refractivity contribution is 7.22. The molecule has 1 saturated heterocycles. The van der Waals surface area contributed by atoms with E-state index in [9.17, 15) is 9.90 Å². The van der Waals surface area contributed by atoms with Gasteiger partial charge < -0.3 is 19.6 Å². The van der Waals surface area contributed by atoms with Gasteiger partial charge in [0.05, 0.1) is 17.4 Å². The number of ether oxygens (including phenoxy) is 1. The molecule has 0 spiro atoms. The number of fused-ring (bicyclic) bond motifs is 1. The van der Waals surface area contributed by atoms with E-state index >= 15 is 0 Å². The molecule has 0 unspecified atom stereocenters. The number of anilines is 1. The molecule has 1 aliphatic rings. The van der Waals surface area contributed by atoms with Crippen LogP contribution in [0.5, 0.6) is 5.75 Å². The van der Waals surface area contributed by atoms with Gasteiger partial charge in [-0.3, -0.25) is 0 Å². The summed E-state index contributed by atoms with van der Waals surface area (Å²) in [6.07, 6.45) is 0. The lowest BCUT2D eigenvalue weighted by Gasteiger charge is -2.32. The van der Waals surface area contributed by atoms with E-state index in [1.165, 1.54) is 11.3 Å². The van der Waals surface area contributed by atoms with Crippen LogP contribution in [0.25, 0.3) is 10.2 Å². The number of benzene rings is 1. The van der Waals surface area contributed by atoms with Crippen molar-refractivity contribution in [2.24, 2.45) is 0 Å². The third kappa shape index (κ3) is 2.54. The van der Waals surface area contributed by atoms with Crippen LogP contribution < -0.4 is 9.64 Å². The molecule has 7 heteroatoms. The molecule has 3 rings (SSSR count). The highest BCUT2D eigenvalue weighted by atomic mass is 32.1. The molecule has 1 fully saturated rings. The van der Waals surface area contributed by atoms with E-state index in [2.05, 4.69) is 21.8 Å². The minimum Gasteiger partial charge on any atom is -0.494 e. The second-order valence-electron chi connectivity index (χ2n) is 5.09. The summed E-state index contributed by atoms with van der Waals surface area (Å²) in [7, 11) is 3.67. The fourth-order valence-corrected chi connectivity index (χ4v) is 3.58. The predicted octanol–water partition coefficient (Wildman–Crippen LogP) is 1.75. The molecule has 21 heavy (non-hydrogen) atoms. The number of likely N-dealkylation sites (N-methyl/N-ethyl adjacent to an activating group) is 1. The minimum atomic E-state index is -0.934. The van der Waals surface area contributed by atoms with Crippen molar-refractivity contribution < 1.29 is 14.6 Å². The number of aromatic carboxylic acids is 1. The first-order valence-corrected chi connectivity index (χ1v) is 7.56. The van der Waals surface area contributed by atoms with Crippen molar-refractivity contribution >= 4 is 32.7 Å². The first kappa shape index (κ1) is 14.1. The summed E-state index contributed by atoms with van der Waals surface area (Å²) in [5.41, 5.74) is 0.917. The Morgan fingerprint density at radius 2 is 2.05 bits per heavy atom. The quantitative estimate of drug-likeness (QED) is 0.932. The highest BCUT2D eigenvalue weighted by Crippen LogP contribution is 2.36. The van der Waals surface area contributed by atoms with Crippen molar-refractivity contribution in [2.45, 2.75) is 0 Å². The van der Waals surface area contributed by atoms with Gasteiger partial charge in [-0.25, -0.2) is 9.78 Å². The maximum absolute atomic E-state index is 11.4. The van der Waals surface area contributed by atoms with E-state index in [0.717, 1.165) is 31.3 Å². The van der Waals surface area contributed by atoms with Gasteiger partial charge in [0.15, 0.2) is 5.13 Å². The molecule has 2 heterocycles. The van der Waals surface area contributed by atoms with Crippen molar-refractivity contribution in [3.63, 3.8) is 0 Å². The lowest BCUT2D eigenvalue weighted by Crippen LogP contribution is -2.44. The molecular weight excluding hydrogens is 290 g/mol. The minimum absolute atomic E-state index is 0.281. The maximum Gasteiger partial charge on any atom is 0.337 e. The second-order valence-corrected chi connectivity index (χ2v) is 6.06. The average molecular weight is 307 g/mol. The van der Waals surface area contributed by atoms with Crippen molar-refractivity contribution in [3.8, 4) is 5.75 Å². The van der Waals surface area contributed by atoms with Gasteiger partial charge in [0.2, 0.25) is 0 Å². The largest absolute Gasteiger partial charge is 0.494 e. The monoisotopic (exact) mass is 307 g/mol. The third-order valence-corrected chi connectivity index (χ3v) is 4.87. The fourth-order valence-electron chi connectivity index (χ4n) is 2.44. The molecule has 1 aromatic heterocycles. The van der Waals surface area contributed by atoms with Gasteiger partial charge in [0, 0.05) is 26.2 Å². The Kier molecular flexibility index (Phi) is 3.69. The first-order valence-electron chi connectivity index (χ1n) is 6.74. The molecule has 1 N–H and O–H groups in total. The molecule has 0 aliphatic carbocycles. The molecule has 112 valence electrons. The van der Waals surface area contributed by atoms with Crippen LogP contribution in [0.1, 0.15) is 10.4 Å². The smallest absolute Gasteiger partial charge is 0.337 e. The zero-order chi connectivity index (χ0) is 15.0. The van der Waals surface area contributed by atoms with Gasteiger partial charge in [-0.15, -0.1) is 0 Å². The van der Waals surface area contributed by atoms with Crippen molar-refractivity contribution in [3.05, 3.63) is 17.7 Å². The molecule has 0 bridgehead atoms. The van der Waals surface area contributed by atoms with E-state index in [1.807, 2.05) is 0 Å². The zero-order valence-electron chi connectivity index (χ0n) is 12.0. The van der Waals surface area contributed by atoms with E-state index in [-0.39, 0.29) is 5.56 Å². The summed E-state index contributed by atoms with van der Waals surface area (Å²) in [5.74, 6) is -0.317. The number of aromatic nitrogens is 1. The number of hydrogen-bond acceptors (Lipinski definition) is 6. The standard InChI is InChI=1S/C14H17N3O3S/c1-16-5-7-17(8-6-16)14-15-11-10(20-2)4-3-9(13(18)19)12(11)21-14/h3-4H,5-8H2,1-2H3,(H,18,19). The Bertz CT molecular complexity index is 677. The summed E-state index contributed by atoms with van der Waals surface area (Å²) < 4.78 is 5.98. The molecular formula is C14H17N3O3S. The number of nitrogens with zero attached hydrogens (tertiary/aromatic N) is 3. The van der Waals surface area contributed by atoms with Crippen LogP contribution in [0, 0.1) is 0 Å². The number of carboxylic acid groups (broad SMARTS) is 1. The lowest BCUT2D eigenvalue weighted by molar-refractivity contribution is 0.0699. The summed E-state index contributed by atoms with van der Waals surface area (Å²) in [6.45, 7) is 3.78. The maximum atomic E-state index is 11.4. The van der Waals surface area contributed by atoms with Crippen molar-refractivity contribution in [1.29, 1.82) is 0 Å². The fraction of sp³-hybridized carbons (Fsp3) is 0.429. The number of carboxylic acids is 1. The number of thiazole rings is 1. The molecule has 0 saturated carbocycles. The number of carbonyl (C=O) groups is 1. The summed E-state index contributed by atoms with van der Waals surface area (Å²) >= 11 is 1.42. The Hall–Kier alpha value is -1.86. The van der Waals surface area contributed by atoms with Crippen LogP contribution >= 0.6 is 11.3 Å². The Balaban J connectivity index is 2.05. The SMILES string of the molecule is COc1ccc(C(=O)O)c2sc(N3CCN(C)CC3)nc12. The van der Waals surface area contributed by atoms with Crippen LogP contribution in [0.2, 0.25) is 0 Å². The van der Waals surface area contributed by atoms with Gasteiger partial charge in [-0.05, 0) is 19.2 Å². The molecule has 0 amide bonds. The number of rotatable bonds is 3.